The van der Waals surface area contributed by atoms with Gasteiger partial charge in [0, 0.05) is 17.5 Å². The molecule has 2 atom stereocenters. The Bertz CT molecular complexity index is 998. The number of halogens is 1. The maximum atomic E-state index is 13.9. The summed E-state index contributed by atoms with van der Waals surface area (Å²) in [4.78, 5) is 9.18. The Morgan fingerprint density at radius 1 is 1.07 bits per heavy atom. The van der Waals surface area contributed by atoms with Gasteiger partial charge in [-0.15, -0.1) is 0 Å². The summed E-state index contributed by atoms with van der Waals surface area (Å²) in [5.74, 6) is 0.521. The third-order valence-electron chi connectivity index (χ3n) is 5.37. The third kappa shape index (κ3) is 3.44. The highest BCUT2D eigenvalue weighted by Crippen LogP contribution is 2.35. The number of rotatable bonds is 3. The largest absolute Gasteiger partial charge is 0.474 e. The first-order valence-electron chi connectivity index (χ1n) is 9.29. The van der Waals surface area contributed by atoms with Gasteiger partial charge in [0.15, 0.2) is 0 Å². The van der Waals surface area contributed by atoms with Crippen molar-refractivity contribution < 1.29 is 9.13 Å². The van der Waals surface area contributed by atoms with Gasteiger partial charge in [-0.1, -0.05) is 42.5 Å². The molecule has 0 aliphatic carbocycles. The SMILES string of the molecule is C[C@H]1OC(c2cnc3c(F)cccc3c2)=NC(C)(C)C1Cc1ccccc1. The molecule has 3 nitrogen and oxygen atoms in total. The summed E-state index contributed by atoms with van der Waals surface area (Å²) in [5.41, 5.74) is 2.16. The Morgan fingerprint density at radius 2 is 1.85 bits per heavy atom. The van der Waals surface area contributed by atoms with Crippen molar-refractivity contribution in [2.75, 3.05) is 0 Å². The van der Waals surface area contributed by atoms with E-state index in [1.807, 2.05) is 18.2 Å². The van der Waals surface area contributed by atoms with Gasteiger partial charge >= 0.3 is 0 Å². The highest BCUT2D eigenvalue weighted by Gasteiger charge is 2.39. The Hall–Kier alpha value is -2.75. The minimum Gasteiger partial charge on any atom is -0.474 e. The molecule has 0 fully saturated rings. The van der Waals surface area contributed by atoms with Crippen molar-refractivity contribution in [3.63, 3.8) is 0 Å². The molecule has 27 heavy (non-hydrogen) atoms. The lowest BCUT2D eigenvalue weighted by molar-refractivity contribution is 0.0722. The number of hydrogen-bond donors (Lipinski definition) is 0. The molecule has 4 rings (SSSR count). The number of aromatic nitrogens is 1. The van der Waals surface area contributed by atoms with Crippen LogP contribution in [-0.4, -0.2) is 22.5 Å². The lowest BCUT2D eigenvalue weighted by Crippen LogP contribution is -2.45. The van der Waals surface area contributed by atoms with E-state index in [0.717, 1.165) is 17.4 Å². The van der Waals surface area contributed by atoms with Crippen LogP contribution < -0.4 is 0 Å². The molecule has 1 aliphatic rings. The van der Waals surface area contributed by atoms with Crippen molar-refractivity contribution in [1.29, 1.82) is 0 Å². The van der Waals surface area contributed by atoms with Crippen molar-refractivity contribution in [2.24, 2.45) is 10.9 Å². The van der Waals surface area contributed by atoms with Crippen LogP contribution in [0.3, 0.4) is 0 Å². The molecule has 0 spiro atoms. The molecule has 2 aromatic carbocycles. The smallest absolute Gasteiger partial charge is 0.218 e. The van der Waals surface area contributed by atoms with Gasteiger partial charge in [-0.3, -0.25) is 4.98 Å². The zero-order chi connectivity index (χ0) is 19.0. The van der Waals surface area contributed by atoms with Crippen molar-refractivity contribution in [2.45, 2.75) is 38.8 Å². The van der Waals surface area contributed by atoms with E-state index in [0.29, 0.717) is 11.4 Å². The summed E-state index contributed by atoms with van der Waals surface area (Å²) in [6.45, 7) is 6.39. The quantitative estimate of drug-likeness (QED) is 0.644. The molecule has 0 amide bonds. The molecule has 1 aromatic heterocycles. The third-order valence-corrected chi connectivity index (χ3v) is 5.37. The molecular formula is C23H23FN2O. The van der Waals surface area contributed by atoms with Crippen LogP contribution in [0.15, 0.2) is 65.8 Å². The standard InChI is InChI=1S/C23H23FN2O/c1-15-19(12-16-8-5-4-6-9-16)23(2,3)26-22(27-15)18-13-17-10-7-11-20(24)21(17)25-14-18/h4-11,13-15,19H,12H2,1-3H3/t15-,19?/m1/s1. The van der Waals surface area contributed by atoms with Gasteiger partial charge in [-0.05, 0) is 44.9 Å². The first-order chi connectivity index (χ1) is 12.9. The molecule has 1 unspecified atom stereocenters. The fraction of sp³-hybridized carbons (Fsp3) is 0.304. The van der Waals surface area contributed by atoms with E-state index >= 15 is 0 Å². The fourth-order valence-corrected chi connectivity index (χ4v) is 3.86. The first-order valence-corrected chi connectivity index (χ1v) is 9.29. The van der Waals surface area contributed by atoms with Crippen LogP contribution in [0, 0.1) is 11.7 Å². The molecule has 0 radical (unpaired) electrons. The summed E-state index contributed by atoms with van der Waals surface area (Å²) in [7, 11) is 0. The van der Waals surface area contributed by atoms with Crippen LogP contribution in [0.25, 0.3) is 10.9 Å². The highest BCUT2D eigenvalue weighted by molar-refractivity contribution is 5.98. The van der Waals surface area contributed by atoms with E-state index in [1.54, 1.807) is 12.3 Å². The Balaban J connectivity index is 1.67. The molecule has 0 bridgehead atoms. The normalized spacial score (nSPS) is 21.6. The second-order valence-electron chi connectivity index (χ2n) is 7.73. The van der Waals surface area contributed by atoms with Crippen molar-refractivity contribution >= 4 is 16.8 Å². The predicted octanol–water partition coefficient (Wildman–Crippen LogP) is 5.18. The zero-order valence-corrected chi connectivity index (χ0v) is 15.8. The minimum absolute atomic E-state index is 0.0101. The molecule has 4 heteroatoms. The van der Waals surface area contributed by atoms with E-state index in [2.05, 4.69) is 50.0 Å². The molecular weight excluding hydrogens is 339 g/mol. The van der Waals surface area contributed by atoms with Gasteiger partial charge < -0.3 is 4.74 Å². The van der Waals surface area contributed by atoms with Gasteiger partial charge in [0.2, 0.25) is 5.90 Å². The van der Waals surface area contributed by atoms with Gasteiger partial charge in [-0.2, -0.15) is 0 Å². The molecule has 2 heterocycles. The van der Waals surface area contributed by atoms with Crippen molar-refractivity contribution in [1.82, 2.24) is 4.98 Å². The molecule has 138 valence electrons. The Kier molecular flexibility index (Phi) is 4.42. The number of benzene rings is 2. The summed E-state index contributed by atoms with van der Waals surface area (Å²) in [6, 6.07) is 17.3. The van der Waals surface area contributed by atoms with Crippen LogP contribution in [0.1, 0.15) is 31.9 Å². The zero-order valence-electron chi connectivity index (χ0n) is 15.8. The number of ether oxygens (including phenoxy) is 1. The average molecular weight is 362 g/mol. The van der Waals surface area contributed by atoms with Crippen molar-refractivity contribution in [3.8, 4) is 0 Å². The van der Waals surface area contributed by atoms with Crippen LogP contribution in [0.5, 0.6) is 0 Å². The maximum absolute atomic E-state index is 13.9. The Labute approximate surface area is 158 Å². The molecule has 1 aliphatic heterocycles. The van der Waals surface area contributed by atoms with Crippen LogP contribution in [-0.2, 0) is 11.2 Å². The first kappa shape index (κ1) is 17.7. The van der Waals surface area contributed by atoms with E-state index in [9.17, 15) is 4.39 Å². The highest BCUT2D eigenvalue weighted by atomic mass is 19.1. The van der Waals surface area contributed by atoms with Gasteiger partial charge in [0.1, 0.15) is 17.4 Å². The average Bonchev–Trinajstić information content (AvgIpc) is 2.65. The van der Waals surface area contributed by atoms with Gasteiger partial charge in [-0.25, -0.2) is 9.38 Å². The second-order valence-corrected chi connectivity index (χ2v) is 7.73. The van der Waals surface area contributed by atoms with Gasteiger partial charge in [0.05, 0.1) is 11.1 Å². The molecule has 0 saturated carbocycles. The lowest BCUT2D eigenvalue weighted by Gasteiger charge is -2.40. The number of hydrogen-bond acceptors (Lipinski definition) is 3. The second kappa shape index (κ2) is 6.76. The number of aliphatic imine (C=N–C) groups is 1. The fourth-order valence-electron chi connectivity index (χ4n) is 3.86. The van der Waals surface area contributed by atoms with Crippen LogP contribution >= 0.6 is 0 Å². The van der Waals surface area contributed by atoms with E-state index < -0.39 is 0 Å². The number of pyridine rings is 1. The van der Waals surface area contributed by atoms with Crippen LogP contribution in [0.2, 0.25) is 0 Å². The monoisotopic (exact) mass is 362 g/mol. The predicted molar refractivity (Wildman–Crippen MR) is 107 cm³/mol. The van der Waals surface area contributed by atoms with Gasteiger partial charge in [0.25, 0.3) is 0 Å². The number of nitrogens with zero attached hydrogens (tertiary/aromatic N) is 2. The van der Waals surface area contributed by atoms with E-state index in [-0.39, 0.29) is 23.4 Å². The summed E-state index contributed by atoms with van der Waals surface area (Å²) < 4.78 is 20.1. The molecule has 0 N–H and O–H groups in total. The maximum Gasteiger partial charge on any atom is 0.218 e. The van der Waals surface area contributed by atoms with Crippen LogP contribution in [0.4, 0.5) is 4.39 Å². The lowest BCUT2D eigenvalue weighted by atomic mass is 9.79. The number of fused-ring (bicyclic) bond motifs is 1. The topological polar surface area (TPSA) is 34.5 Å². The van der Waals surface area contributed by atoms with E-state index in [1.165, 1.54) is 11.6 Å². The summed E-state index contributed by atoms with van der Waals surface area (Å²) in [6.07, 6.45) is 2.56. The number of para-hydroxylation sites is 1. The summed E-state index contributed by atoms with van der Waals surface area (Å²) >= 11 is 0. The molecule has 3 aromatic rings. The van der Waals surface area contributed by atoms with Crippen molar-refractivity contribution in [3.05, 3.63) is 77.7 Å². The summed E-state index contributed by atoms with van der Waals surface area (Å²) in [5, 5.41) is 0.746. The minimum atomic E-state index is -0.317. The Morgan fingerprint density at radius 3 is 2.59 bits per heavy atom. The molecule has 0 saturated heterocycles. The van der Waals surface area contributed by atoms with E-state index in [4.69, 9.17) is 9.73 Å².